The summed E-state index contributed by atoms with van der Waals surface area (Å²) < 4.78 is 0. The van der Waals surface area contributed by atoms with E-state index in [-0.39, 0.29) is 0 Å². The maximum Gasteiger partial charge on any atom is 0.156 e. The number of pyridine rings is 1. The minimum Gasteiger partial charge on any atom is -0.396 e. The highest BCUT2D eigenvalue weighted by Gasteiger charge is 2.26. The molecule has 0 spiro atoms. The van der Waals surface area contributed by atoms with Gasteiger partial charge in [0.25, 0.3) is 0 Å². The highest BCUT2D eigenvalue weighted by Crippen LogP contribution is 2.38. The first kappa shape index (κ1) is 12.0. The molecular weight excluding hydrogens is 234 g/mol. The Morgan fingerprint density at radius 1 is 1.26 bits per heavy atom. The van der Waals surface area contributed by atoms with E-state index in [1.165, 1.54) is 11.3 Å². The summed E-state index contributed by atoms with van der Waals surface area (Å²) in [6.07, 6.45) is 4.09. The Kier molecular flexibility index (Phi) is 2.90. The average molecular weight is 253 g/mol. The van der Waals surface area contributed by atoms with E-state index in [1.807, 2.05) is 19.2 Å². The van der Waals surface area contributed by atoms with Crippen LogP contribution in [0.25, 0.3) is 0 Å². The number of anilines is 3. The van der Waals surface area contributed by atoms with E-state index >= 15 is 0 Å². The van der Waals surface area contributed by atoms with E-state index in [4.69, 9.17) is 5.73 Å². The van der Waals surface area contributed by atoms with Crippen molar-refractivity contribution in [3.8, 4) is 0 Å². The Morgan fingerprint density at radius 2 is 2.05 bits per heavy atom. The molecule has 1 aliphatic rings. The van der Waals surface area contributed by atoms with Crippen LogP contribution < -0.4 is 10.6 Å². The molecule has 19 heavy (non-hydrogen) atoms. The lowest BCUT2D eigenvalue weighted by molar-refractivity contribution is 0.614. The van der Waals surface area contributed by atoms with E-state index in [9.17, 15) is 0 Å². The first-order valence-corrected chi connectivity index (χ1v) is 6.76. The zero-order chi connectivity index (χ0) is 13.4. The molecule has 0 bridgehead atoms. The first-order chi connectivity index (χ1) is 9.18. The molecule has 0 saturated heterocycles. The van der Waals surface area contributed by atoms with E-state index in [1.54, 1.807) is 0 Å². The molecule has 2 N–H and O–H groups in total. The number of hydrogen-bond donors (Lipinski definition) is 1. The van der Waals surface area contributed by atoms with Crippen molar-refractivity contribution in [3.63, 3.8) is 0 Å². The third kappa shape index (κ3) is 1.95. The smallest absolute Gasteiger partial charge is 0.156 e. The normalized spacial score (nSPS) is 18.2. The molecule has 1 atom stereocenters. The highest BCUT2D eigenvalue weighted by molar-refractivity contribution is 5.76. The molecule has 0 amide bonds. The van der Waals surface area contributed by atoms with E-state index in [0.717, 1.165) is 29.9 Å². The summed E-state index contributed by atoms with van der Waals surface area (Å²) in [6, 6.07) is 10.9. The molecule has 1 aromatic heterocycles. The van der Waals surface area contributed by atoms with Crippen LogP contribution in [0, 0.1) is 6.92 Å². The summed E-state index contributed by atoms with van der Waals surface area (Å²) in [4.78, 5) is 6.79. The van der Waals surface area contributed by atoms with Gasteiger partial charge in [-0.1, -0.05) is 18.2 Å². The number of nitrogens with two attached hydrogens (primary N) is 1. The second kappa shape index (κ2) is 4.57. The standard InChI is InChI=1S/C16H19N3/c1-11-9-10-18-16(15(11)17)19-12(2)7-8-13-5-3-4-6-14(13)19/h3-6,9-10,12H,7-8,17H2,1-2H3. The third-order valence-corrected chi connectivity index (χ3v) is 3.94. The van der Waals surface area contributed by atoms with Crippen molar-refractivity contribution >= 4 is 17.2 Å². The van der Waals surface area contributed by atoms with Crippen molar-refractivity contribution in [2.75, 3.05) is 10.6 Å². The Hall–Kier alpha value is -2.03. The number of para-hydroxylation sites is 1. The molecule has 1 aliphatic heterocycles. The highest BCUT2D eigenvalue weighted by atomic mass is 15.2. The zero-order valence-electron chi connectivity index (χ0n) is 11.4. The van der Waals surface area contributed by atoms with Crippen molar-refractivity contribution in [1.82, 2.24) is 4.98 Å². The molecular formula is C16H19N3. The summed E-state index contributed by atoms with van der Waals surface area (Å²) in [5.74, 6) is 0.889. The maximum absolute atomic E-state index is 6.23. The number of hydrogen-bond acceptors (Lipinski definition) is 3. The monoisotopic (exact) mass is 253 g/mol. The quantitative estimate of drug-likeness (QED) is 0.846. The molecule has 2 aromatic rings. The van der Waals surface area contributed by atoms with Crippen molar-refractivity contribution in [3.05, 3.63) is 47.7 Å². The van der Waals surface area contributed by atoms with Crippen LogP contribution in [0.15, 0.2) is 36.5 Å². The van der Waals surface area contributed by atoms with E-state index in [2.05, 4.69) is 41.1 Å². The van der Waals surface area contributed by atoms with Crippen molar-refractivity contribution < 1.29 is 0 Å². The van der Waals surface area contributed by atoms with E-state index < -0.39 is 0 Å². The SMILES string of the molecule is Cc1ccnc(N2c3ccccc3CCC2C)c1N. The molecule has 0 saturated carbocycles. The summed E-state index contributed by atoms with van der Waals surface area (Å²) >= 11 is 0. The molecule has 3 heteroatoms. The number of rotatable bonds is 1. The zero-order valence-corrected chi connectivity index (χ0v) is 11.4. The minimum atomic E-state index is 0.423. The molecule has 1 aromatic carbocycles. The lowest BCUT2D eigenvalue weighted by Gasteiger charge is -2.37. The van der Waals surface area contributed by atoms with Crippen LogP contribution >= 0.6 is 0 Å². The fraction of sp³-hybridized carbons (Fsp3) is 0.312. The van der Waals surface area contributed by atoms with Crippen molar-refractivity contribution in [1.29, 1.82) is 0 Å². The summed E-state index contributed by atoms with van der Waals surface area (Å²) in [6.45, 7) is 4.26. The van der Waals surface area contributed by atoms with Gasteiger partial charge in [-0.2, -0.15) is 0 Å². The van der Waals surface area contributed by atoms with Gasteiger partial charge in [0.1, 0.15) is 0 Å². The fourth-order valence-electron chi connectivity index (χ4n) is 2.76. The van der Waals surface area contributed by atoms with Gasteiger partial charge in [-0.25, -0.2) is 4.98 Å². The van der Waals surface area contributed by atoms with Gasteiger partial charge >= 0.3 is 0 Å². The number of fused-ring (bicyclic) bond motifs is 1. The number of nitrogen functional groups attached to an aromatic ring is 1. The van der Waals surface area contributed by atoms with Gasteiger partial charge in [0.15, 0.2) is 5.82 Å². The lowest BCUT2D eigenvalue weighted by atomic mass is 9.96. The molecule has 2 heterocycles. The largest absolute Gasteiger partial charge is 0.396 e. The second-order valence-electron chi connectivity index (χ2n) is 5.25. The van der Waals surface area contributed by atoms with Crippen LogP contribution in [0.1, 0.15) is 24.5 Å². The predicted molar refractivity (Wildman–Crippen MR) is 79.8 cm³/mol. The predicted octanol–water partition coefficient (Wildman–Crippen LogP) is 3.45. The topological polar surface area (TPSA) is 42.2 Å². The Morgan fingerprint density at radius 3 is 2.89 bits per heavy atom. The maximum atomic E-state index is 6.23. The number of aromatic nitrogens is 1. The average Bonchev–Trinajstić information content (AvgIpc) is 2.43. The van der Waals surface area contributed by atoms with Gasteiger partial charge in [0.2, 0.25) is 0 Å². The van der Waals surface area contributed by atoms with Crippen molar-refractivity contribution in [2.24, 2.45) is 0 Å². The molecule has 3 rings (SSSR count). The molecule has 1 unspecified atom stereocenters. The van der Waals surface area contributed by atoms with Crippen LogP contribution in [0.3, 0.4) is 0 Å². The van der Waals surface area contributed by atoms with Gasteiger partial charge in [-0.15, -0.1) is 0 Å². The fourth-order valence-corrected chi connectivity index (χ4v) is 2.76. The Balaban J connectivity index is 2.16. The van der Waals surface area contributed by atoms with Gasteiger partial charge in [-0.3, -0.25) is 0 Å². The van der Waals surface area contributed by atoms with Crippen LogP contribution in [-0.2, 0) is 6.42 Å². The number of nitrogens with zero attached hydrogens (tertiary/aromatic N) is 2. The molecule has 0 aliphatic carbocycles. The van der Waals surface area contributed by atoms with Crippen LogP contribution in [0.4, 0.5) is 17.2 Å². The first-order valence-electron chi connectivity index (χ1n) is 6.76. The number of benzene rings is 1. The molecule has 0 radical (unpaired) electrons. The number of aryl methyl sites for hydroxylation is 2. The minimum absolute atomic E-state index is 0.423. The summed E-state index contributed by atoms with van der Waals surface area (Å²) in [7, 11) is 0. The third-order valence-electron chi connectivity index (χ3n) is 3.94. The molecule has 98 valence electrons. The molecule has 3 nitrogen and oxygen atoms in total. The van der Waals surface area contributed by atoms with E-state index in [0.29, 0.717) is 6.04 Å². The molecule has 0 fully saturated rings. The van der Waals surface area contributed by atoms with Crippen LogP contribution in [0.5, 0.6) is 0 Å². The van der Waals surface area contributed by atoms with Gasteiger partial charge in [0, 0.05) is 17.9 Å². The van der Waals surface area contributed by atoms with Crippen LogP contribution in [0.2, 0.25) is 0 Å². The van der Waals surface area contributed by atoms with Crippen molar-refractivity contribution in [2.45, 2.75) is 32.7 Å². The van der Waals surface area contributed by atoms with Gasteiger partial charge < -0.3 is 10.6 Å². The van der Waals surface area contributed by atoms with Crippen LogP contribution in [-0.4, -0.2) is 11.0 Å². The second-order valence-corrected chi connectivity index (χ2v) is 5.25. The van der Waals surface area contributed by atoms with Gasteiger partial charge in [0.05, 0.1) is 5.69 Å². The Labute approximate surface area is 114 Å². The lowest BCUT2D eigenvalue weighted by Crippen LogP contribution is -2.34. The van der Waals surface area contributed by atoms with Gasteiger partial charge in [-0.05, 0) is 49.9 Å². The summed E-state index contributed by atoms with van der Waals surface area (Å²) in [5, 5.41) is 0. The Bertz CT molecular complexity index is 607. The summed E-state index contributed by atoms with van der Waals surface area (Å²) in [5.41, 5.74) is 10.7.